The fraction of sp³-hybridized carbons (Fsp3) is 0.176. The summed E-state index contributed by atoms with van der Waals surface area (Å²) in [7, 11) is 2.96. The van der Waals surface area contributed by atoms with Crippen molar-refractivity contribution in [1.82, 2.24) is 9.38 Å². The number of carbonyl (C=O) groups is 1. The highest BCUT2D eigenvalue weighted by molar-refractivity contribution is 5.88. The third-order valence-corrected chi connectivity index (χ3v) is 3.36. The third kappa shape index (κ3) is 3.11. The molecule has 0 aliphatic heterocycles. The molecule has 0 fully saturated rings. The number of rotatable bonds is 5. The maximum absolute atomic E-state index is 11.8. The molecule has 1 aromatic carbocycles. The van der Waals surface area contributed by atoms with Gasteiger partial charge in [0.1, 0.15) is 29.4 Å². The van der Waals surface area contributed by atoms with Crippen LogP contribution >= 0.6 is 0 Å². The molecule has 0 saturated carbocycles. The van der Waals surface area contributed by atoms with Crippen LogP contribution in [0.5, 0.6) is 11.5 Å². The van der Waals surface area contributed by atoms with Gasteiger partial charge in [0.2, 0.25) is 0 Å². The van der Waals surface area contributed by atoms with Gasteiger partial charge in [0.15, 0.2) is 0 Å². The first-order valence-corrected chi connectivity index (χ1v) is 7.03. The second-order valence-electron chi connectivity index (χ2n) is 4.83. The lowest BCUT2D eigenvalue weighted by atomic mass is 10.3. The van der Waals surface area contributed by atoms with E-state index in [1.54, 1.807) is 35.9 Å². The second kappa shape index (κ2) is 6.39. The molecule has 23 heavy (non-hydrogen) atoms. The molecule has 0 bridgehead atoms. The molecule has 0 unspecified atom stereocenters. The van der Waals surface area contributed by atoms with E-state index in [-0.39, 0.29) is 6.61 Å². The Bertz CT molecular complexity index is 841. The van der Waals surface area contributed by atoms with E-state index in [4.69, 9.17) is 14.2 Å². The van der Waals surface area contributed by atoms with Crippen LogP contribution in [0.4, 0.5) is 0 Å². The first kappa shape index (κ1) is 14.9. The van der Waals surface area contributed by atoms with Crippen molar-refractivity contribution in [3.8, 4) is 11.5 Å². The van der Waals surface area contributed by atoms with Crippen LogP contribution in [0.2, 0.25) is 0 Å². The maximum atomic E-state index is 11.8. The molecule has 2 heterocycles. The lowest BCUT2D eigenvalue weighted by Gasteiger charge is -2.05. The summed E-state index contributed by atoms with van der Waals surface area (Å²) in [6.07, 6.45) is 1.77. The van der Waals surface area contributed by atoms with Crippen LogP contribution in [0, 0.1) is 0 Å². The van der Waals surface area contributed by atoms with Crippen molar-refractivity contribution in [2.75, 3.05) is 14.2 Å². The van der Waals surface area contributed by atoms with Crippen LogP contribution in [-0.2, 0) is 11.3 Å². The first-order valence-electron chi connectivity index (χ1n) is 7.03. The van der Waals surface area contributed by atoms with E-state index in [1.165, 1.54) is 7.11 Å². The molecular formula is C17H16N2O4. The van der Waals surface area contributed by atoms with E-state index in [2.05, 4.69) is 4.98 Å². The van der Waals surface area contributed by atoms with Crippen LogP contribution in [0.15, 0.2) is 48.7 Å². The van der Waals surface area contributed by atoms with Crippen molar-refractivity contribution in [1.29, 1.82) is 0 Å². The molecule has 0 amide bonds. The topological polar surface area (TPSA) is 62.1 Å². The Morgan fingerprint density at radius 3 is 2.70 bits per heavy atom. The van der Waals surface area contributed by atoms with Crippen LogP contribution in [-0.4, -0.2) is 29.6 Å². The quantitative estimate of drug-likeness (QED) is 0.678. The standard InChI is InChI=1S/C17H16N2O4/c1-21-13-5-3-6-14(9-13)23-11-12-10-19-15(17(20)22-2)7-4-8-16(19)18-12/h3-10H,11H2,1-2H3. The van der Waals surface area contributed by atoms with Gasteiger partial charge in [0.05, 0.1) is 19.9 Å². The van der Waals surface area contributed by atoms with Gasteiger partial charge in [-0.15, -0.1) is 0 Å². The van der Waals surface area contributed by atoms with Gasteiger partial charge in [-0.25, -0.2) is 9.78 Å². The zero-order valence-electron chi connectivity index (χ0n) is 12.9. The highest BCUT2D eigenvalue weighted by atomic mass is 16.5. The monoisotopic (exact) mass is 312 g/mol. The molecule has 118 valence electrons. The molecule has 3 aromatic rings. The average Bonchev–Trinajstić information content (AvgIpc) is 3.02. The Labute approximate surface area is 133 Å². The van der Waals surface area contributed by atoms with Crippen molar-refractivity contribution in [3.05, 3.63) is 60.0 Å². The Hall–Kier alpha value is -3.02. The molecule has 0 aliphatic rings. The van der Waals surface area contributed by atoms with Crippen molar-refractivity contribution in [2.45, 2.75) is 6.61 Å². The minimum Gasteiger partial charge on any atom is -0.497 e. The summed E-state index contributed by atoms with van der Waals surface area (Å²) in [5.41, 5.74) is 1.80. The smallest absolute Gasteiger partial charge is 0.355 e. The van der Waals surface area contributed by atoms with Crippen LogP contribution < -0.4 is 9.47 Å². The van der Waals surface area contributed by atoms with Gasteiger partial charge >= 0.3 is 5.97 Å². The Kier molecular flexibility index (Phi) is 4.14. The maximum Gasteiger partial charge on any atom is 0.355 e. The van der Waals surface area contributed by atoms with Gasteiger partial charge in [-0.1, -0.05) is 12.1 Å². The number of hydrogen-bond donors (Lipinski definition) is 0. The van der Waals surface area contributed by atoms with Crippen molar-refractivity contribution >= 4 is 11.6 Å². The summed E-state index contributed by atoms with van der Waals surface area (Å²) < 4.78 is 17.3. The number of pyridine rings is 1. The van der Waals surface area contributed by atoms with Gasteiger partial charge in [-0.2, -0.15) is 0 Å². The lowest BCUT2D eigenvalue weighted by molar-refractivity contribution is 0.0592. The number of fused-ring (bicyclic) bond motifs is 1. The number of ether oxygens (including phenoxy) is 3. The van der Waals surface area contributed by atoms with E-state index >= 15 is 0 Å². The lowest BCUT2D eigenvalue weighted by Crippen LogP contribution is -2.07. The third-order valence-electron chi connectivity index (χ3n) is 3.36. The molecule has 0 aliphatic carbocycles. The summed E-state index contributed by atoms with van der Waals surface area (Å²) in [5.74, 6) is 1.01. The van der Waals surface area contributed by atoms with E-state index in [0.29, 0.717) is 22.8 Å². The van der Waals surface area contributed by atoms with Crippen molar-refractivity contribution < 1.29 is 19.0 Å². The van der Waals surface area contributed by atoms with Crippen LogP contribution in [0.1, 0.15) is 16.2 Å². The molecule has 6 nitrogen and oxygen atoms in total. The van der Waals surface area contributed by atoms with Crippen molar-refractivity contribution in [3.63, 3.8) is 0 Å². The molecule has 0 saturated heterocycles. The SMILES string of the molecule is COC(=O)c1cccc2nc(COc3cccc(OC)c3)cn12. The van der Waals surface area contributed by atoms with Gasteiger partial charge in [0.25, 0.3) is 0 Å². The first-order chi connectivity index (χ1) is 11.2. The zero-order chi connectivity index (χ0) is 16.2. The molecule has 2 aromatic heterocycles. The summed E-state index contributed by atoms with van der Waals surface area (Å²) >= 11 is 0. The van der Waals surface area contributed by atoms with Crippen LogP contribution in [0.25, 0.3) is 5.65 Å². The number of nitrogens with zero attached hydrogens (tertiary/aromatic N) is 2. The normalized spacial score (nSPS) is 10.5. The molecule has 6 heteroatoms. The number of benzene rings is 1. The summed E-state index contributed by atoms with van der Waals surface area (Å²) in [6, 6.07) is 12.6. The molecule has 3 rings (SSSR count). The fourth-order valence-corrected chi connectivity index (χ4v) is 2.25. The van der Waals surface area contributed by atoms with E-state index in [0.717, 1.165) is 5.75 Å². The number of methoxy groups -OCH3 is 2. The average molecular weight is 312 g/mol. The largest absolute Gasteiger partial charge is 0.497 e. The molecule has 0 N–H and O–H groups in total. The number of hydrogen-bond acceptors (Lipinski definition) is 5. The predicted octanol–water partition coefficient (Wildman–Crippen LogP) is 2.71. The van der Waals surface area contributed by atoms with Crippen molar-refractivity contribution in [2.24, 2.45) is 0 Å². The van der Waals surface area contributed by atoms with Gasteiger partial charge in [-0.3, -0.25) is 4.40 Å². The number of imidazole rings is 1. The minimum atomic E-state index is -0.409. The molecule has 0 atom stereocenters. The van der Waals surface area contributed by atoms with E-state index in [9.17, 15) is 4.79 Å². The Morgan fingerprint density at radius 1 is 1.13 bits per heavy atom. The molecule has 0 spiro atoms. The summed E-state index contributed by atoms with van der Waals surface area (Å²) in [5, 5.41) is 0. The van der Waals surface area contributed by atoms with Gasteiger partial charge < -0.3 is 14.2 Å². The predicted molar refractivity (Wildman–Crippen MR) is 83.9 cm³/mol. The fourth-order valence-electron chi connectivity index (χ4n) is 2.25. The van der Waals surface area contributed by atoms with Crippen LogP contribution in [0.3, 0.4) is 0 Å². The molecular weight excluding hydrogens is 296 g/mol. The highest BCUT2D eigenvalue weighted by Crippen LogP contribution is 2.20. The minimum absolute atomic E-state index is 0.287. The van der Waals surface area contributed by atoms with E-state index in [1.807, 2.05) is 24.3 Å². The van der Waals surface area contributed by atoms with Gasteiger partial charge in [-0.05, 0) is 24.3 Å². The highest BCUT2D eigenvalue weighted by Gasteiger charge is 2.12. The number of carbonyl (C=O) groups excluding carboxylic acids is 1. The Balaban J connectivity index is 1.82. The summed E-state index contributed by atoms with van der Waals surface area (Å²) in [6.45, 7) is 0.287. The zero-order valence-corrected chi connectivity index (χ0v) is 12.9. The van der Waals surface area contributed by atoms with Gasteiger partial charge in [0, 0.05) is 12.3 Å². The molecule has 0 radical (unpaired) electrons. The number of aromatic nitrogens is 2. The Morgan fingerprint density at radius 2 is 1.91 bits per heavy atom. The van der Waals surface area contributed by atoms with E-state index < -0.39 is 5.97 Å². The second-order valence-corrected chi connectivity index (χ2v) is 4.83. The summed E-state index contributed by atoms with van der Waals surface area (Å²) in [4.78, 5) is 16.2. The number of esters is 1.